The van der Waals surface area contributed by atoms with Crippen LogP contribution in [0.4, 0.5) is 5.69 Å². The first kappa shape index (κ1) is 12.5. The molecule has 0 saturated heterocycles. The summed E-state index contributed by atoms with van der Waals surface area (Å²) in [6.07, 6.45) is 3.35. The van der Waals surface area contributed by atoms with E-state index >= 15 is 0 Å². The Morgan fingerprint density at radius 2 is 2.18 bits per heavy atom. The molecule has 108 valence electrons. The first-order valence-corrected chi connectivity index (χ1v) is 6.76. The lowest BCUT2D eigenvalue weighted by Gasteiger charge is -2.05. The number of carbonyl (C=O) groups excluding carboxylic acids is 1. The SMILES string of the molecule is Cc1[nH]nc2ccc(NC(=O)c3ccn4cnnc4c3)cc12. The molecule has 0 saturated carbocycles. The fourth-order valence-corrected chi connectivity index (χ4v) is 2.38. The van der Waals surface area contributed by atoms with E-state index in [1.165, 1.54) is 0 Å². The topological polar surface area (TPSA) is 88.0 Å². The Labute approximate surface area is 125 Å². The van der Waals surface area contributed by atoms with E-state index in [-0.39, 0.29) is 5.91 Å². The summed E-state index contributed by atoms with van der Waals surface area (Å²) >= 11 is 0. The Morgan fingerprint density at radius 3 is 3.09 bits per heavy atom. The minimum absolute atomic E-state index is 0.189. The molecule has 2 N–H and O–H groups in total. The first-order valence-electron chi connectivity index (χ1n) is 6.76. The molecule has 4 rings (SSSR count). The van der Waals surface area contributed by atoms with E-state index in [0.717, 1.165) is 22.3 Å². The van der Waals surface area contributed by atoms with Gasteiger partial charge in [0.05, 0.1) is 5.52 Å². The predicted molar refractivity (Wildman–Crippen MR) is 81.8 cm³/mol. The molecule has 0 fully saturated rings. The van der Waals surface area contributed by atoms with E-state index in [9.17, 15) is 4.79 Å². The van der Waals surface area contributed by atoms with Gasteiger partial charge in [-0.3, -0.25) is 14.3 Å². The zero-order valence-electron chi connectivity index (χ0n) is 11.7. The predicted octanol–water partition coefficient (Wildman–Crippen LogP) is 2.17. The van der Waals surface area contributed by atoms with Crippen molar-refractivity contribution >= 4 is 28.1 Å². The zero-order valence-corrected chi connectivity index (χ0v) is 11.7. The van der Waals surface area contributed by atoms with Crippen molar-refractivity contribution in [3.8, 4) is 0 Å². The number of hydrogen-bond donors (Lipinski definition) is 2. The van der Waals surface area contributed by atoms with Gasteiger partial charge in [0.25, 0.3) is 5.91 Å². The number of H-pyrrole nitrogens is 1. The highest BCUT2D eigenvalue weighted by Gasteiger charge is 2.09. The van der Waals surface area contributed by atoms with Gasteiger partial charge in [0, 0.05) is 28.5 Å². The lowest BCUT2D eigenvalue weighted by atomic mass is 10.2. The monoisotopic (exact) mass is 292 g/mol. The summed E-state index contributed by atoms with van der Waals surface area (Å²) in [5.74, 6) is -0.189. The zero-order chi connectivity index (χ0) is 15.1. The normalized spacial score (nSPS) is 11.1. The molecule has 22 heavy (non-hydrogen) atoms. The summed E-state index contributed by atoms with van der Waals surface area (Å²) < 4.78 is 1.75. The molecule has 0 aliphatic rings. The minimum Gasteiger partial charge on any atom is -0.322 e. The molecular formula is C15H12N6O. The number of carbonyl (C=O) groups is 1. The van der Waals surface area contributed by atoms with Gasteiger partial charge in [-0.05, 0) is 37.3 Å². The summed E-state index contributed by atoms with van der Waals surface area (Å²) in [6.45, 7) is 1.94. The van der Waals surface area contributed by atoms with Gasteiger partial charge in [-0.1, -0.05) is 0 Å². The van der Waals surface area contributed by atoms with Crippen molar-refractivity contribution in [2.45, 2.75) is 6.92 Å². The van der Waals surface area contributed by atoms with Gasteiger partial charge < -0.3 is 5.32 Å². The van der Waals surface area contributed by atoms with Gasteiger partial charge >= 0.3 is 0 Å². The van der Waals surface area contributed by atoms with Crippen LogP contribution in [0, 0.1) is 6.92 Å². The van der Waals surface area contributed by atoms with Crippen LogP contribution >= 0.6 is 0 Å². The Balaban J connectivity index is 1.65. The molecule has 3 heterocycles. The lowest BCUT2D eigenvalue weighted by Crippen LogP contribution is -2.12. The van der Waals surface area contributed by atoms with Gasteiger partial charge in [-0.2, -0.15) is 5.10 Å². The smallest absolute Gasteiger partial charge is 0.255 e. The molecule has 0 aliphatic carbocycles. The molecule has 0 aliphatic heterocycles. The fourth-order valence-electron chi connectivity index (χ4n) is 2.38. The van der Waals surface area contributed by atoms with Gasteiger partial charge in [0.1, 0.15) is 6.33 Å². The molecular weight excluding hydrogens is 280 g/mol. The van der Waals surface area contributed by atoms with E-state index in [4.69, 9.17) is 0 Å². The maximum atomic E-state index is 12.3. The molecule has 0 bridgehead atoms. The van der Waals surface area contributed by atoms with E-state index in [1.54, 1.807) is 29.1 Å². The highest BCUT2D eigenvalue weighted by Crippen LogP contribution is 2.20. The lowest BCUT2D eigenvalue weighted by molar-refractivity contribution is 0.102. The summed E-state index contributed by atoms with van der Waals surface area (Å²) in [5.41, 5.74) is 3.73. The van der Waals surface area contributed by atoms with Crippen LogP contribution in [-0.4, -0.2) is 30.7 Å². The maximum absolute atomic E-state index is 12.3. The molecule has 0 atom stereocenters. The van der Waals surface area contributed by atoms with Crippen LogP contribution in [-0.2, 0) is 0 Å². The van der Waals surface area contributed by atoms with Crippen LogP contribution in [0.2, 0.25) is 0 Å². The third-order valence-corrected chi connectivity index (χ3v) is 3.56. The number of nitrogens with zero attached hydrogens (tertiary/aromatic N) is 4. The van der Waals surface area contributed by atoms with Crippen LogP contribution in [0.5, 0.6) is 0 Å². The third kappa shape index (κ3) is 1.99. The van der Waals surface area contributed by atoms with Crippen LogP contribution in [0.3, 0.4) is 0 Å². The van der Waals surface area contributed by atoms with Crippen molar-refractivity contribution in [2.75, 3.05) is 5.32 Å². The van der Waals surface area contributed by atoms with Gasteiger partial charge in [0.2, 0.25) is 0 Å². The van der Waals surface area contributed by atoms with Crippen LogP contribution in [0.1, 0.15) is 16.1 Å². The highest BCUT2D eigenvalue weighted by molar-refractivity contribution is 6.05. The van der Waals surface area contributed by atoms with Crippen LogP contribution < -0.4 is 5.32 Å². The van der Waals surface area contributed by atoms with Gasteiger partial charge in [0.15, 0.2) is 5.65 Å². The molecule has 0 spiro atoms. The standard InChI is InChI=1S/C15H12N6O/c1-9-12-7-11(2-3-13(12)19-18-9)17-15(22)10-4-5-21-8-16-20-14(21)6-10/h2-8H,1H3,(H,17,22)(H,18,19). The Bertz CT molecular complexity index is 1000. The summed E-state index contributed by atoms with van der Waals surface area (Å²) in [6, 6.07) is 9.03. The average molecular weight is 292 g/mol. The van der Waals surface area contributed by atoms with E-state index < -0.39 is 0 Å². The number of aromatic amines is 1. The third-order valence-electron chi connectivity index (χ3n) is 3.56. The van der Waals surface area contributed by atoms with Crippen molar-refractivity contribution in [1.29, 1.82) is 0 Å². The van der Waals surface area contributed by atoms with Gasteiger partial charge in [-0.25, -0.2) is 0 Å². The number of aryl methyl sites for hydroxylation is 1. The van der Waals surface area contributed by atoms with Crippen molar-refractivity contribution < 1.29 is 4.79 Å². The number of amides is 1. The molecule has 0 radical (unpaired) electrons. The minimum atomic E-state index is -0.189. The number of pyridine rings is 1. The summed E-state index contributed by atoms with van der Waals surface area (Å²) in [7, 11) is 0. The summed E-state index contributed by atoms with van der Waals surface area (Å²) in [4.78, 5) is 12.3. The van der Waals surface area contributed by atoms with Crippen molar-refractivity contribution in [2.24, 2.45) is 0 Å². The quantitative estimate of drug-likeness (QED) is 0.592. The maximum Gasteiger partial charge on any atom is 0.255 e. The number of benzene rings is 1. The Kier molecular flexibility index (Phi) is 2.65. The molecule has 7 heteroatoms. The number of nitrogens with one attached hydrogen (secondary N) is 2. The molecule has 1 amide bonds. The number of fused-ring (bicyclic) bond motifs is 2. The van der Waals surface area contributed by atoms with Crippen LogP contribution in [0.25, 0.3) is 16.6 Å². The molecule has 0 unspecified atom stereocenters. The molecule has 7 nitrogen and oxygen atoms in total. The Morgan fingerprint density at radius 1 is 1.27 bits per heavy atom. The van der Waals surface area contributed by atoms with E-state index in [0.29, 0.717) is 11.2 Å². The number of hydrogen-bond acceptors (Lipinski definition) is 4. The van der Waals surface area contributed by atoms with E-state index in [1.807, 2.05) is 25.1 Å². The van der Waals surface area contributed by atoms with Crippen LogP contribution in [0.15, 0.2) is 42.9 Å². The van der Waals surface area contributed by atoms with Crippen molar-refractivity contribution in [3.63, 3.8) is 0 Å². The average Bonchev–Trinajstić information content (AvgIpc) is 3.13. The highest BCUT2D eigenvalue weighted by atomic mass is 16.1. The van der Waals surface area contributed by atoms with Gasteiger partial charge in [-0.15, -0.1) is 10.2 Å². The molecule has 1 aromatic carbocycles. The van der Waals surface area contributed by atoms with E-state index in [2.05, 4.69) is 25.7 Å². The number of rotatable bonds is 2. The number of anilines is 1. The molecule has 3 aromatic heterocycles. The molecule has 4 aromatic rings. The summed E-state index contributed by atoms with van der Waals surface area (Å²) in [5, 5.41) is 18.7. The second-order valence-corrected chi connectivity index (χ2v) is 5.05. The largest absolute Gasteiger partial charge is 0.322 e. The second-order valence-electron chi connectivity index (χ2n) is 5.05. The van der Waals surface area contributed by atoms with Crippen molar-refractivity contribution in [3.05, 3.63) is 54.1 Å². The first-order chi connectivity index (χ1) is 10.7. The van der Waals surface area contributed by atoms with Crippen molar-refractivity contribution in [1.82, 2.24) is 24.8 Å². The number of aromatic nitrogens is 5. The fraction of sp³-hybridized carbons (Fsp3) is 0.0667. The second kappa shape index (κ2) is 4.66. The Hall–Kier alpha value is -3.22.